The smallest absolute Gasteiger partial charge is 0.0682 e. The predicted molar refractivity (Wildman–Crippen MR) is 65.8 cm³/mol. The van der Waals surface area contributed by atoms with Gasteiger partial charge >= 0.3 is 0 Å². The summed E-state index contributed by atoms with van der Waals surface area (Å²) in [4.78, 5) is 0. The lowest BCUT2D eigenvalue weighted by Gasteiger charge is -2.10. The Morgan fingerprint density at radius 1 is 1.40 bits per heavy atom. The summed E-state index contributed by atoms with van der Waals surface area (Å²) in [5, 5.41) is 9.03. The van der Waals surface area contributed by atoms with Crippen LogP contribution in [0.3, 0.4) is 0 Å². The fraction of sp³-hybridized carbons (Fsp3) is 0.429. The molecular formula is C14H20O. The van der Waals surface area contributed by atoms with Crippen LogP contribution in [0.2, 0.25) is 0 Å². The summed E-state index contributed by atoms with van der Waals surface area (Å²) in [7, 11) is 0. The molecule has 1 aromatic carbocycles. The first-order valence-electron chi connectivity index (χ1n) is 5.43. The monoisotopic (exact) mass is 204 g/mol. The third-order valence-electron chi connectivity index (χ3n) is 2.51. The minimum atomic E-state index is 0.0321. The van der Waals surface area contributed by atoms with Crippen LogP contribution in [0.4, 0.5) is 0 Å². The first-order valence-corrected chi connectivity index (χ1v) is 5.43. The van der Waals surface area contributed by atoms with Crippen LogP contribution in [0.15, 0.2) is 24.8 Å². The van der Waals surface area contributed by atoms with Crippen LogP contribution in [-0.2, 0) is 6.42 Å². The molecule has 0 fully saturated rings. The van der Waals surface area contributed by atoms with E-state index in [1.165, 1.54) is 11.1 Å². The topological polar surface area (TPSA) is 20.2 Å². The first-order chi connectivity index (χ1) is 7.04. The van der Waals surface area contributed by atoms with E-state index in [0.29, 0.717) is 5.92 Å². The van der Waals surface area contributed by atoms with Crippen molar-refractivity contribution in [3.05, 3.63) is 41.5 Å². The SMILES string of the molecule is C=C(CO)c1ccc(CC(C)C)cc1C. The number of aliphatic hydroxyl groups is 1. The van der Waals surface area contributed by atoms with Crippen molar-refractivity contribution in [1.29, 1.82) is 0 Å². The van der Waals surface area contributed by atoms with Gasteiger partial charge in [-0.25, -0.2) is 0 Å². The van der Waals surface area contributed by atoms with Gasteiger partial charge in [0.15, 0.2) is 0 Å². The number of aliphatic hydroxyl groups excluding tert-OH is 1. The Morgan fingerprint density at radius 3 is 2.53 bits per heavy atom. The van der Waals surface area contributed by atoms with Gasteiger partial charge in [-0.1, -0.05) is 38.6 Å². The maximum Gasteiger partial charge on any atom is 0.0682 e. The van der Waals surface area contributed by atoms with Crippen LogP contribution < -0.4 is 0 Å². The average Bonchev–Trinajstić information content (AvgIpc) is 2.16. The summed E-state index contributed by atoms with van der Waals surface area (Å²) in [6.45, 7) is 10.4. The molecule has 15 heavy (non-hydrogen) atoms. The van der Waals surface area contributed by atoms with E-state index < -0.39 is 0 Å². The molecule has 0 spiro atoms. The minimum absolute atomic E-state index is 0.0321. The van der Waals surface area contributed by atoms with E-state index in [1.807, 2.05) is 0 Å². The Balaban J connectivity index is 2.93. The average molecular weight is 204 g/mol. The molecule has 1 rings (SSSR count). The lowest BCUT2D eigenvalue weighted by Crippen LogP contribution is -1.97. The van der Waals surface area contributed by atoms with E-state index >= 15 is 0 Å². The van der Waals surface area contributed by atoms with E-state index in [-0.39, 0.29) is 6.61 Å². The second-order valence-corrected chi connectivity index (χ2v) is 4.51. The standard InChI is InChI=1S/C14H20O/c1-10(2)7-13-5-6-14(11(3)8-13)12(4)9-15/h5-6,8,10,15H,4,7,9H2,1-3H3. The predicted octanol–water partition coefficient (Wildman–Crippen LogP) is 3.20. The van der Waals surface area contributed by atoms with Crippen molar-refractivity contribution in [2.75, 3.05) is 6.61 Å². The maximum atomic E-state index is 9.03. The van der Waals surface area contributed by atoms with Gasteiger partial charge in [-0.05, 0) is 41.5 Å². The van der Waals surface area contributed by atoms with E-state index in [0.717, 1.165) is 17.6 Å². The van der Waals surface area contributed by atoms with E-state index in [9.17, 15) is 0 Å². The molecule has 0 radical (unpaired) electrons. The van der Waals surface area contributed by atoms with E-state index in [4.69, 9.17) is 5.11 Å². The number of hydrogen-bond donors (Lipinski definition) is 1. The third-order valence-corrected chi connectivity index (χ3v) is 2.51. The zero-order chi connectivity index (χ0) is 11.4. The summed E-state index contributed by atoms with van der Waals surface area (Å²) in [5.41, 5.74) is 4.43. The molecule has 0 aliphatic rings. The van der Waals surface area contributed by atoms with Crippen molar-refractivity contribution in [1.82, 2.24) is 0 Å². The molecule has 1 heteroatoms. The van der Waals surface area contributed by atoms with Crippen molar-refractivity contribution in [2.24, 2.45) is 5.92 Å². The zero-order valence-corrected chi connectivity index (χ0v) is 9.88. The van der Waals surface area contributed by atoms with Crippen molar-refractivity contribution < 1.29 is 5.11 Å². The summed E-state index contributed by atoms with van der Waals surface area (Å²) in [5.74, 6) is 0.677. The van der Waals surface area contributed by atoms with E-state index in [2.05, 4.69) is 45.5 Å². The van der Waals surface area contributed by atoms with Gasteiger partial charge in [-0.3, -0.25) is 0 Å². The molecule has 0 atom stereocenters. The normalized spacial score (nSPS) is 10.7. The van der Waals surface area contributed by atoms with Crippen LogP contribution in [0, 0.1) is 12.8 Å². The fourth-order valence-electron chi connectivity index (χ4n) is 1.81. The maximum absolute atomic E-state index is 9.03. The van der Waals surface area contributed by atoms with Crippen LogP contribution in [0.25, 0.3) is 5.57 Å². The Hall–Kier alpha value is -1.08. The highest BCUT2D eigenvalue weighted by atomic mass is 16.3. The molecular weight excluding hydrogens is 184 g/mol. The Morgan fingerprint density at radius 2 is 2.07 bits per heavy atom. The molecule has 1 nitrogen and oxygen atoms in total. The van der Waals surface area contributed by atoms with Crippen molar-refractivity contribution in [3.63, 3.8) is 0 Å². The van der Waals surface area contributed by atoms with Crippen LogP contribution in [0.1, 0.15) is 30.5 Å². The lowest BCUT2D eigenvalue weighted by atomic mass is 9.96. The largest absolute Gasteiger partial charge is 0.392 e. The Bertz CT molecular complexity index is 350. The third kappa shape index (κ3) is 3.21. The lowest BCUT2D eigenvalue weighted by molar-refractivity contribution is 0.350. The van der Waals surface area contributed by atoms with Gasteiger partial charge in [0.2, 0.25) is 0 Å². The van der Waals surface area contributed by atoms with Gasteiger partial charge in [0.05, 0.1) is 6.61 Å². The molecule has 0 bridgehead atoms. The van der Waals surface area contributed by atoms with Gasteiger partial charge in [0.1, 0.15) is 0 Å². The van der Waals surface area contributed by atoms with Crippen molar-refractivity contribution >= 4 is 5.57 Å². The molecule has 0 unspecified atom stereocenters. The number of hydrogen-bond acceptors (Lipinski definition) is 1. The van der Waals surface area contributed by atoms with Crippen molar-refractivity contribution in [3.8, 4) is 0 Å². The molecule has 0 saturated carbocycles. The fourth-order valence-corrected chi connectivity index (χ4v) is 1.81. The Labute approximate surface area is 92.5 Å². The summed E-state index contributed by atoms with van der Waals surface area (Å²) < 4.78 is 0. The van der Waals surface area contributed by atoms with Gasteiger partial charge < -0.3 is 5.11 Å². The molecule has 1 N–H and O–H groups in total. The van der Waals surface area contributed by atoms with Gasteiger partial charge in [-0.2, -0.15) is 0 Å². The zero-order valence-electron chi connectivity index (χ0n) is 9.88. The number of aryl methyl sites for hydroxylation is 1. The molecule has 0 aromatic heterocycles. The molecule has 1 aromatic rings. The highest BCUT2D eigenvalue weighted by Gasteiger charge is 2.04. The molecule has 0 saturated heterocycles. The van der Waals surface area contributed by atoms with Crippen molar-refractivity contribution in [2.45, 2.75) is 27.2 Å². The number of benzene rings is 1. The number of rotatable bonds is 4. The second-order valence-electron chi connectivity index (χ2n) is 4.51. The summed E-state index contributed by atoms with van der Waals surface area (Å²) >= 11 is 0. The highest BCUT2D eigenvalue weighted by molar-refractivity contribution is 5.67. The molecule has 0 aliphatic heterocycles. The molecule has 0 heterocycles. The molecule has 82 valence electrons. The van der Waals surface area contributed by atoms with Gasteiger partial charge in [0, 0.05) is 0 Å². The molecule has 0 amide bonds. The first kappa shape index (κ1) is 12.0. The van der Waals surface area contributed by atoms with Gasteiger partial charge in [-0.15, -0.1) is 0 Å². The Kier molecular flexibility index (Phi) is 4.10. The van der Waals surface area contributed by atoms with Crippen LogP contribution >= 0.6 is 0 Å². The highest BCUT2D eigenvalue weighted by Crippen LogP contribution is 2.19. The quantitative estimate of drug-likeness (QED) is 0.798. The minimum Gasteiger partial charge on any atom is -0.392 e. The van der Waals surface area contributed by atoms with E-state index in [1.54, 1.807) is 0 Å². The van der Waals surface area contributed by atoms with Gasteiger partial charge in [0.25, 0.3) is 0 Å². The van der Waals surface area contributed by atoms with Crippen LogP contribution in [-0.4, -0.2) is 11.7 Å². The second kappa shape index (κ2) is 5.13. The summed E-state index contributed by atoms with van der Waals surface area (Å²) in [6, 6.07) is 6.38. The van der Waals surface area contributed by atoms with Crippen LogP contribution in [0.5, 0.6) is 0 Å². The molecule has 0 aliphatic carbocycles. The summed E-state index contributed by atoms with van der Waals surface area (Å²) in [6.07, 6.45) is 1.10.